The molecular weight excluding hydrogens is 116 g/mol. The average Bonchev–Trinajstić information content (AvgIpc) is 1.85. The smallest absolute Gasteiger partial charge is 0.136 e. The molecule has 0 aromatic carbocycles. The van der Waals surface area contributed by atoms with Crippen LogP contribution in [-0.2, 0) is 4.79 Å². The van der Waals surface area contributed by atoms with Gasteiger partial charge < -0.3 is 5.11 Å². The van der Waals surface area contributed by atoms with Gasteiger partial charge in [-0.25, -0.2) is 0 Å². The number of Topliss-reactive ketones (excluding diaryl/α,β-unsaturated/α-hetero) is 1. The Morgan fingerprint density at radius 2 is 2.33 bits per heavy atom. The fourth-order valence-electron chi connectivity index (χ4n) is 0.574. The highest BCUT2D eigenvalue weighted by Crippen LogP contribution is 1.95. The zero-order valence-electron chi connectivity index (χ0n) is 5.76. The van der Waals surface area contributed by atoms with Crippen LogP contribution in [0, 0.1) is 6.42 Å². The quantitative estimate of drug-likeness (QED) is 0.600. The van der Waals surface area contributed by atoms with Crippen LogP contribution >= 0.6 is 0 Å². The summed E-state index contributed by atoms with van der Waals surface area (Å²) in [6.07, 6.45) is 3.54. The highest BCUT2D eigenvalue weighted by molar-refractivity contribution is 5.86. The number of aliphatic hydroxyl groups excluding tert-OH is 1. The molecule has 0 heterocycles. The lowest BCUT2D eigenvalue weighted by molar-refractivity contribution is -0.116. The SMILES string of the molecule is CCCC(=O)[CH]CCO. The Morgan fingerprint density at radius 3 is 2.78 bits per heavy atom. The van der Waals surface area contributed by atoms with Crippen LogP contribution in [-0.4, -0.2) is 17.5 Å². The van der Waals surface area contributed by atoms with E-state index in [1.165, 1.54) is 0 Å². The van der Waals surface area contributed by atoms with Crippen LogP contribution in [0.15, 0.2) is 0 Å². The van der Waals surface area contributed by atoms with Gasteiger partial charge in [0.25, 0.3) is 0 Å². The first kappa shape index (κ1) is 8.63. The predicted octanol–water partition coefficient (Wildman–Crippen LogP) is 0.942. The second-order valence-electron chi connectivity index (χ2n) is 1.93. The summed E-state index contributed by atoms with van der Waals surface area (Å²) in [7, 11) is 0. The first-order chi connectivity index (χ1) is 4.31. The second kappa shape index (κ2) is 5.76. The topological polar surface area (TPSA) is 37.3 Å². The van der Waals surface area contributed by atoms with E-state index in [2.05, 4.69) is 0 Å². The summed E-state index contributed by atoms with van der Waals surface area (Å²) in [5, 5.41) is 8.30. The number of rotatable bonds is 5. The molecule has 2 heteroatoms. The molecule has 0 bridgehead atoms. The summed E-state index contributed by atoms with van der Waals surface area (Å²) in [5.41, 5.74) is 0. The van der Waals surface area contributed by atoms with Gasteiger partial charge in [0.15, 0.2) is 0 Å². The largest absolute Gasteiger partial charge is 0.396 e. The molecule has 0 aliphatic rings. The Balaban J connectivity index is 3.06. The summed E-state index contributed by atoms with van der Waals surface area (Å²) in [5.74, 6) is 0.145. The van der Waals surface area contributed by atoms with Gasteiger partial charge in [0.1, 0.15) is 5.78 Å². The molecule has 0 spiro atoms. The molecule has 0 rings (SSSR count). The molecule has 0 atom stereocenters. The van der Waals surface area contributed by atoms with Crippen LogP contribution in [0.5, 0.6) is 0 Å². The van der Waals surface area contributed by atoms with Crippen LogP contribution in [0.1, 0.15) is 26.2 Å². The lowest BCUT2D eigenvalue weighted by Gasteiger charge is -1.93. The lowest BCUT2D eigenvalue weighted by atomic mass is 10.1. The molecule has 0 aliphatic heterocycles. The minimum atomic E-state index is 0.0788. The van der Waals surface area contributed by atoms with Crippen molar-refractivity contribution >= 4 is 5.78 Å². The normalized spacial score (nSPS) is 9.56. The standard InChI is InChI=1S/C7H13O2/c1-2-4-7(9)5-3-6-8/h5,8H,2-4,6H2,1H3. The third-order valence-electron chi connectivity index (χ3n) is 0.998. The van der Waals surface area contributed by atoms with E-state index in [0.29, 0.717) is 12.8 Å². The Morgan fingerprint density at radius 1 is 1.67 bits per heavy atom. The van der Waals surface area contributed by atoms with Gasteiger partial charge in [-0.1, -0.05) is 6.92 Å². The van der Waals surface area contributed by atoms with Crippen molar-refractivity contribution in [1.29, 1.82) is 0 Å². The number of hydrogen-bond donors (Lipinski definition) is 1. The van der Waals surface area contributed by atoms with Gasteiger partial charge in [0.05, 0.1) is 0 Å². The van der Waals surface area contributed by atoms with Crippen molar-refractivity contribution in [3.8, 4) is 0 Å². The van der Waals surface area contributed by atoms with E-state index in [0.717, 1.165) is 6.42 Å². The van der Waals surface area contributed by atoms with Crippen LogP contribution in [0.2, 0.25) is 0 Å². The van der Waals surface area contributed by atoms with Gasteiger partial charge in [-0.2, -0.15) is 0 Å². The van der Waals surface area contributed by atoms with Gasteiger partial charge in [-0.05, 0) is 12.8 Å². The van der Waals surface area contributed by atoms with Crippen molar-refractivity contribution in [2.24, 2.45) is 0 Å². The molecular formula is C7H13O2. The van der Waals surface area contributed by atoms with E-state index in [-0.39, 0.29) is 12.4 Å². The Bertz CT molecular complexity index is 79.0. The lowest BCUT2D eigenvalue weighted by Crippen LogP contribution is -1.98. The van der Waals surface area contributed by atoms with E-state index in [9.17, 15) is 4.79 Å². The molecule has 0 amide bonds. The third-order valence-corrected chi connectivity index (χ3v) is 0.998. The highest BCUT2D eigenvalue weighted by Gasteiger charge is 1.97. The molecule has 0 aromatic rings. The predicted molar refractivity (Wildman–Crippen MR) is 35.9 cm³/mol. The monoisotopic (exact) mass is 129 g/mol. The zero-order valence-corrected chi connectivity index (χ0v) is 5.76. The molecule has 0 saturated heterocycles. The fraction of sp³-hybridized carbons (Fsp3) is 0.714. The first-order valence-electron chi connectivity index (χ1n) is 3.28. The Labute approximate surface area is 55.9 Å². The van der Waals surface area contributed by atoms with Crippen molar-refractivity contribution in [3.05, 3.63) is 6.42 Å². The molecule has 1 radical (unpaired) electrons. The number of carbonyl (C=O) groups is 1. The Hall–Kier alpha value is -0.370. The van der Waals surface area contributed by atoms with Crippen molar-refractivity contribution in [2.45, 2.75) is 26.2 Å². The number of carbonyl (C=O) groups excluding carboxylic acids is 1. The molecule has 0 saturated carbocycles. The first-order valence-corrected chi connectivity index (χ1v) is 3.28. The maximum Gasteiger partial charge on any atom is 0.136 e. The van der Waals surface area contributed by atoms with Crippen LogP contribution < -0.4 is 0 Å². The summed E-state index contributed by atoms with van der Waals surface area (Å²) in [6.45, 7) is 2.04. The van der Waals surface area contributed by atoms with E-state index in [1.54, 1.807) is 6.42 Å². The van der Waals surface area contributed by atoms with Crippen molar-refractivity contribution in [3.63, 3.8) is 0 Å². The molecule has 9 heavy (non-hydrogen) atoms. The maximum atomic E-state index is 10.6. The molecule has 1 N–H and O–H groups in total. The molecule has 2 nitrogen and oxygen atoms in total. The summed E-state index contributed by atoms with van der Waals surface area (Å²) >= 11 is 0. The van der Waals surface area contributed by atoms with E-state index in [4.69, 9.17) is 5.11 Å². The van der Waals surface area contributed by atoms with Crippen molar-refractivity contribution in [2.75, 3.05) is 6.61 Å². The van der Waals surface area contributed by atoms with Gasteiger partial charge in [-0.15, -0.1) is 0 Å². The van der Waals surface area contributed by atoms with Crippen LogP contribution in [0.4, 0.5) is 0 Å². The molecule has 0 unspecified atom stereocenters. The van der Waals surface area contributed by atoms with Crippen LogP contribution in [0.3, 0.4) is 0 Å². The molecule has 0 fully saturated rings. The van der Waals surface area contributed by atoms with Gasteiger partial charge in [0, 0.05) is 19.4 Å². The van der Waals surface area contributed by atoms with Gasteiger partial charge in [-0.3, -0.25) is 4.79 Å². The van der Waals surface area contributed by atoms with E-state index < -0.39 is 0 Å². The van der Waals surface area contributed by atoms with Crippen LogP contribution in [0.25, 0.3) is 0 Å². The van der Waals surface area contributed by atoms with Crippen molar-refractivity contribution in [1.82, 2.24) is 0 Å². The van der Waals surface area contributed by atoms with Crippen molar-refractivity contribution < 1.29 is 9.90 Å². The minimum absolute atomic E-state index is 0.0788. The van der Waals surface area contributed by atoms with Gasteiger partial charge >= 0.3 is 0 Å². The Kier molecular flexibility index (Phi) is 5.52. The third kappa shape index (κ3) is 5.50. The van der Waals surface area contributed by atoms with E-state index in [1.807, 2.05) is 6.92 Å². The minimum Gasteiger partial charge on any atom is -0.396 e. The van der Waals surface area contributed by atoms with E-state index >= 15 is 0 Å². The maximum absolute atomic E-state index is 10.6. The summed E-state index contributed by atoms with van der Waals surface area (Å²) in [6, 6.07) is 0. The molecule has 0 aromatic heterocycles. The number of ketones is 1. The summed E-state index contributed by atoms with van der Waals surface area (Å²) in [4.78, 5) is 10.6. The highest BCUT2D eigenvalue weighted by atomic mass is 16.3. The van der Waals surface area contributed by atoms with Gasteiger partial charge in [0.2, 0.25) is 0 Å². The fourth-order valence-corrected chi connectivity index (χ4v) is 0.574. The zero-order chi connectivity index (χ0) is 7.11. The molecule has 0 aliphatic carbocycles. The summed E-state index contributed by atoms with van der Waals surface area (Å²) < 4.78 is 0. The second-order valence-corrected chi connectivity index (χ2v) is 1.93. The number of aliphatic hydroxyl groups is 1. The average molecular weight is 129 g/mol. The molecule has 53 valence electrons. The number of hydrogen-bond acceptors (Lipinski definition) is 2.